The molecule has 0 aliphatic carbocycles. The summed E-state index contributed by atoms with van der Waals surface area (Å²) in [4.78, 5) is 1.94. The molecule has 12 heteroatoms. The number of ether oxygens (including phenoxy) is 1. The molecule has 4 rings (SSSR count). The third-order valence-corrected chi connectivity index (χ3v) is 7.97. The van der Waals surface area contributed by atoms with Gasteiger partial charge in [-0.05, 0) is 59.7 Å². The quantitative estimate of drug-likeness (QED) is 0.289. The van der Waals surface area contributed by atoms with Gasteiger partial charge in [-0.2, -0.15) is 21.6 Å². The van der Waals surface area contributed by atoms with E-state index in [1.54, 1.807) is 43.3 Å². The number of rotatable bonds is 7. The molecular formula is C26H28F3N5O3S. The molecule has 1 fully saturated rings. The van der Waals surface area contributed by atoms with E-state index in [-0.39, 0.29) is 17.6 Å². The van der Waals surface area contributed by atoms with Gasteiger partial charge < -0.3 is 15.4 Å². The molecule has 0 spiro atoms. The Morgan fingerprint density at radius 3 is 2.24 bits per heavy atom. The van der Waals surface area contributed by atoms with E-state index in [1.807, 2.05) is 4.90 Å². The molecule has 4 N–H and O–H groups in total. The zero-order valence-corrected chi connectivity index (χ0v) is 21.4. The second-order valence-electron chi connectivity index (χ2n) is 9.15. The first-order chi connectivity index (χ1) is 17.8. The number of piperidine rings is 1. The molecule has 0 atom stereocenters. The van der Waals surface area contributed by atoms with E-state index in [1.165, 1.54) is 24.3 Å². The fourth-order valence-corrected chi connectivity index (χ4v) is 5.33. The van der Waals surface area contributed by atoms with Crippen molar-refractivity contribution < 1.29 is 26.3 Å². The first kappa shape index (κ1) is 27.2. The topological polar surface area (TPSA) is 124 Å². The molecule has 1 heterocycles. The average molecular weight is 548 g/mol. The van der Waals surface area contributed by atoms with Crippen molar-refractivity contribution in [2.75, 3.05) is 17.4 Å². The molecule has 0 bridgehead atoms. The summed E-state index contributed by atoms with van der Waals surface area (Å²) in [6.45, 7) is 2.52. The lowest BCUT2D eigenvalue weighted by Gasteiger charge is -2.33. The zero-order chi connectivity index (χ0) is 27.7. The lowest BCUT2D eigenvalue weighted by Crippen LogP contribution is -2.40. The van der Waals surface area contributed by atoms with Crippen LogP contribution in [0, 0.1) is 10.8 Å². The first-order valence-electron chi connectivity index (χ1n) is 11.9. The van der Waals surface area contributed by atoms with E-state index >= 15 is 0 Å². The number of anilines is 1. The van der Waals surface area contributed by atoms with Gasteiger partial charge in [-0.15, -0.1) is 0 Å². The summed E-state index contributed by atoms with van der Waals surface area (Å²) >= 11 is 0. The van der Waals surface area contributed by atoms with E-state index in [9.17, 15) is 21.6 Å². The average Bonchev–Trinajstić information content (AvgIpc) is 2.87. The summed E-state index contributed by atoms with van der Waals surface area (Å²) in [7, 11) is -5.71. The number of hydrogen-bond acceptors (Lipinski definition) is 5. The van der Waals surface area contributed by atoms with Crippen LogP contribution in [0.25, 0.3) is 10.8 Å². The Kier molecular flexibility index (Phi) is 7.54. The van der Waals surface area contributed by atoms with Gasteiger partial charge >= 0.3 is 15.5 Å². The van der Waals surface area contributed by atoms with Crippen molar-refractivity contribution >= 4 is 38.2 Å². The Labute approximate surface area is 218 Å². The Balaban J connectivity index is 1.59. The van der Waals surface area contributed by atoms with Crippen LogP contribution in [-0.4, -0.2) is 49.7 Å². The number of nitrogen functional groups attached to an aromatic ring is 1. The molecule has 0 amide bonds. The minimum atomic E-state index is -5.71. The number of amidine groups is 2. The molecule has 8 nitrogen and oxygen atoms in total. The molecule has 0 radical (unpaired) electrons. The normalized spacial score (nSPS) is 14.9. The number of nitrogens with zero attached hydrogens (tertiary/aromatic N) is 2. The minimum absolute atomic E-state index is 0.107. The van der Waals surface area contributed by atoms with E-state index < -0.39 is 22.1 Å². The summed E-state index contributed by atoms with van der Waals surface area (Å²) in [5.41, 5.74) is 0.675. The van der Waals surface area contributed by atoms with Crippen LogP contribution in [0.3, 0.4) is 0 Å². The monoisotopic (exact) mass is 547 g/mol. The zero-order valence-electron chi connectivity index (χ0n) is 20.6. The number of halogens is 3. The number of sulfonamides is 1. The van der Waals surface area contributed by atoms with Gasteiger partial charge in [0.15, 0.2) is 0 Å². The van der Waals surface area contributed by atoms with Crippen molar-refractivity contribution in [2.24, 2.45) is 5.73 Å². The molecule has 38 heavy (non-hydrogen) atoms. The molecule has 1 saturated heterocycles. The molecule has 0 unspecified atom stereocenters. The Morgan fingerprint density at radius 1 is 1.03 bits per heavy atom. The first-order valence-corrected chi connectivity index (χ1v) is 13.3. The maximum absolute atomic E-state index is 13.6. The van der Waals surface area contributed by atoms with E-state index in [0.717, 1.165) is 5.39 Å². The maximum atomic E-state index is 13.6. The third kappa shape index (κ3) is 5.85. The molecule has 0 aromatic heterocycles. The number of fused-ring (bicyclic) bond motifs is 1. The smallest absolute Gasteiger partial charge is 0.490 e. The van der Waals surface area contributed by atoms with Crippen molar-refractivity contribution in [1.29, 1.82) is 10.8 Å². The van der Waals surface area contributed by atoms with Gasteiger partial charge in [-0.1, -0.05) is 24.3 Å². The molecule has 0 saturated carbocycles. The van der Waals surface area contributed by atoms with Crippen molar-refractivity contribution in [3.63, 3.8) is 0 Å². The van der Waals surface area contributed by atoms with Gasteiger partial charge in [-0.25, -0.2) is 0 Å². The van der Waals surface area contributed by atoms with Crippen LogP contribution in [0.2, 0.25) is 0 Å². The van der Waals surface area contributed by atoms with Crippen molar-refractivity contribution in [3.05, 3.63) is 71.8 Å². The number of benzene rings is 3. The van der Waals surface area contributed by atoms with Crippen LogP contribution in [0.15, 0.2) is 60.7 Å². The highest BCUT2D eigenvalue weighted by Crippen LogP contribution is 2.34. The summed E-state index contributed by atoms with van der Waals surface area (Å²) in [6, 6.07) is 15.4. The minimum Gasteiger partial charge on any atom is -0.490 e. The molecule has 1 aliphatic heterocycles. The number of alkyl halides is 3. The lowest BCUT2D eigenvalue weighted by atomic mass is 10.0. The fourth-order valence-electron chi connectivity index (χ4n) is 4.36. The van der Waals surface area contributed by atoms with Gasteiger partial charge in [0.2, 0.25) is 0 Å². The summed E-state index contributed by atoms with van der Waals surface area (Å²) in [5.74, 6) is 0.756. The SMILES string of the molecule is CC(=N)N1CCC(Oc2ccc(N(Cc3ccc4ccc(C(=N)N)cc4c3)S(=O)(=O)C(F)(F)F)cc2)CC1. The van der Waals surface area contributed by atoms with Gasteiger partial charge in [0.1, 0.15) is 17.7 Å². The number of likely N-dealkylation sites (tertiary alicyclic amines) is 1. The third-order valence-electron chi connectivity index (χ3n) is 6.47. The lowest BCUT2D eigenvalue weighted by molar-refractivity contribution is -0.0438. The highest BCUT2D eigenvalue weighted by molar-refractivity contribution is 7.93. The Morgan fingerprint density at radius 2 is 1.66 bits per heavy atom. The number of hydrogen-bond donors (Lipinski definition) is 3. The van der Waals surface area contributed by atoms with Gasteiger partial charge in [-0.3, -0.25) is 15.1 Å². The predicted molar refractivity (Wildman–Crippen MR) is 141 cm³/mol. The van der Waals surface area contributed by atoms with Crippen LogP contribution in [0.4, 0.5) is 18.9 Å². The number of nitrogens with two attached hydrogens (primary N) is 1. The molecular weight excluding hydrogens is 519 g/mol. The van der Waals surface area contributed by atoms with Crippen LogP contribution < -0.4 is 14.8 Å². The predicted octanol–water partition coefficient (Wildman–Crippen LogP) is 4.82. The van der Waals surface area contributed by atoms with E-state index in [0.29, 0.717) is 58.3 Å². The van der Waals surface area contributed by atoms with Crippen LogP contribution in [0.1, 0.15) is 30.9 Å². The van der Waals surface area contributed by atoms with E-state index in [4.69, 9.17) is 21.3 Å². The summed E-state index contributed by atoms with van der Waals surface area (Å²) < 4.78 is 72.3. The van der Waals surface area contributed by atoms with Crippen LogP contribution in [-0.2, 0) is 16.6 Å². The largest absolute Gasteiger partial charge is 0.516 e. The Hall–Kier alpha value is -3.80. The van der Waals surface area contributed by atoms with Crippen LogP contribution in [0.5, 0.6) is 5.75 Å². The maximum Gasteiger partial charge on any atom is 0.516 e. The van der Waals surface area contributed by atoms with Gasteiger partial charge in [0.05, 0.1) is 18.1 Å². The summed E-state index contributed by atoms with van der Waals surface area (Å²) in [5, 5.41) is 16.7. The molecule has 1 aliphatic rings. The second kappa shape index (κ2) is 10.5. The highest BCUT2D eigenvalue weighted by atomic mass is 32.2. The van der Waals surface area contributed by atoms with Crippen molar-refractivity contribution in [3.8, 4) is 5.75 Å². The standard InChI is InChI=1S/C26H28F3N5O3S/c1-17(30)33-12-10-24(11-13-33)37-23-8-6-22(7-9-23)34(38(35,36)26(27,28)29)16-18-2-3-19-4-5-20(25(31)32)15-21(19)14-18/h2-9,14-15,24,30H,10-13,16H2,1H3,(H3,31,32). The molecule has 202 valence electrons. The molecule has 3 aromatic carbocycles. The fraction of sp³-hybridized carbons (Fsp3) is 0.308. The van der Waals surface area contributed by atoms with E-state index in [2.05, 4.69) is 0 Å². The number of nitrogens with one attached hydrogen (secondary N) is 2. The highest BCUT2D eigenvalue weighted by Gasteiger charge is 2.50. The molecule has 3 aromatic rings. The second-order valence-corrected chi connectivity index (χ2v) is 11.0. The Bertz CT molecular complexity index is 1450. The van der Waals surface area contributed by atoms with Gasteiger partial charge in [0.25, 0.3) is 0 Å². The summed E-state index contributed by atoms with van der Waals surface area (Å²) in [6.07, 6.45) is 1.28. The van der Waals surface area contributed by atoms with Gasteiger partial charge in [0, 0.05) is 31.5 Å². The van der Waals surface area contributed by atoms with Crippen molar-refractivity contribution in [2.45, 2.75) is 37.9 Å². The van der Waals surface area contributed by atoms with Crippen LogP contribution >= 0.6 is 0 Å². The van der Waals surface area contributed by atoms with Crippen molar-refractivity contribution in [1.82, 2.24) is 4.90 Å².